The van der Waals surface area contributed by atoms with E-state index in [0.29, 0.717) is 19.1 Å². The van der Waals surface area contributed by atoms with Gasteiger partial charge in [0.2, 0.25) is 5.91 Å². The SMILES string of the molecule is O=C(C1CCN(Cc2ccncc2)CC1)N1CCN(Cc2ccc(OCc3ccccc3)c(OCc3ccccc3)c2)CC1. The summed E-state index contributed by atoms with van der Waals surface area (Å²) in [5.41, 5.74) is 4.70. The Morgan fingerprint density at radius 1 is 0.614 bits per heavy atom. The van der Waals surface area contributed by atoms with Crippen molar-refractivity contribution in [2.75, 3.05) is 39.3 Å². The number of hydrogen-bond donors (Lipinski definition) is 0. The van der Waals surface area contributed by atoms with Crippen LogP contribution in [0.5, 0.6) is 11.5 Å². The standard InChI is InChI=1S/C37H42N4O3/c42-37(34-15-19-39(20-16-34)26-30-13-17-38-18-14-30)41-23-21-40(22-24-41)27-33-11-12-35(43-28-31-7-3-1-4-8-31)36(25-33)44-29-32-9-5-2-6-10-32/h1-14,17-18,25,34H,15-16,19-24,26-29H2. The second-order valence-electron chi connectivity index (χ2n) is 11.8. The summed E-state index contributed by atoms with van der Waals surface area (Å²) >= 11 is 0. The maximum Gasteiger partial charge on any atom is 0.225 e. The monoisotopic (exact) mass is 590 g/mol. The molecule has 6 rings (SSSR count). The van der Waals surface area contributed by atoms with Crippen molar-refractivity contribution in [1.82, 2.24) is 19.7 Å². The topological polar surface area (TPSA) is 58.1 Å². The van der Waals surface area contributed by atoms with Crippen LogP contribution in [0.15, 0.2) is 103 Å². The lowest BCUT2D eigenvalue weighted by Crippen LogP contribution is -2.51. The molecule has 2 fully saturated rings. The quantitative estimate of drug-likeness (QED) is 0.220. The Hall–Kier alpha value is -4.20. The fraction of sp³-hybridized carbons (Fsp3) is 0.351. The van der Waals surface area contributed by atoms with E-state index in [0.717, 1.165) is 87.8 Å². The second-order valence-corrected chi connectivity index (χ2v) is 11.8. The van der Waals surface area contributed by atoms with Gasteiger partial charge >= 0.3 is 0 Å². The molecule has 2 aliphatic heterocycles. The summed E-state index contributed by atoms with van der Waals surface area (Å²) in [7, 11) is 0. The average molecular weight is 591 g/mol. The number of aromatic nitrogens is 1. The molecule has 0 unspecified atom stereocenters. The smallest absolute Gasteiger partial charge is 0.225 e. The van der Waals surface area contributed by atoms with Gasteiger partial charge in [0.25, 0.3) is 0 Å². The van der Waals surface area contributed by atoms with Crippen molar-refractivity contribution in [3.05, 3.63) is 126 Å². The van der Waals surface area contributed by atoms with Crippen LogP contribution in [0.2, 0.25) is 0 Å². The Morgan fingerprint density at radius 3 is 1.82 bits per heavy atom. The molecule has 2 aliphatic rings. The Labute approximate surface area is 261 Å². The lowest BCUT2D eigenvalue weighted by molar-refractivity contribution is -0.139. The van der Waals surface area contributed by atoms with Crippen molar-refractivity contribution in [2.24, 2.45) is 5.92 Å². The zero-order valence-corrected chi connectivity index (χ0v) is 25.4. The highest BCUT2D eigenvalue weighted by Gasteiger charge is 2.30. The van der Waals surface area contributed by atoms with E-state index >= 15 is 0 Å². The van der Waals surface area contributed by atoms with Gasteiger partial charge < -0.3 is 14.4 Å². The molecule has 7 heteroatoms. The summed E-state index contributed by atoms with van der Waals surface area (Å²) in [5, 5.41) is 0. The molecule has 3 aromatic carbocycles. The number of ether oxygens (including phenoxy) is 2. The van der Waals surface area contributed by atoms with Gasteiger partial charge in [0, 0.05) is 57.6 Å². The highest BCUT2D eigenvalue weighted by molar-refractivity contribution is 5.79. The number of rotatable bonds is 11. The van der Waals surface area contributed by atoms with Crippen LogP contribution in [0.25, 0.3) is 0 Å². The van der Waals surface area contributed by atoms with Gasteiger partial charge in [0.05, 0.1) is 0 Å². The van der Waals surface area contributed by atoms with E-state index in [1.54, 1.807) is 0 Å². The largest absolute Gasteiger partial charge is 0.485 e. The number of piperidine rings is 1. The minimum absolute atomic E-state index is 0.142. The van der Waals surface area contributed by atoms with E-state index in [1.165, 1.54) is 11.1 Å². The van der Waals surface area contributed by atoms with Gasteiger partial charge in [-0.05, 0) is 72.5 Å². The van der Waals surface area contributed by atoms with Crippen LogP contribution < -0.4 is 9.47 Å². The highest BCUT2D eigenvalue weighted by atomic mass is 16.5. The number of amides is 1. The highest BCUT2D eigenvalue weighted by Crippen LogP contribution is 2.31. The Morgan fingerprint density at radius 2 is 1.18 bits per heavy atom. The maximum absolute atomic E-state index is 13.4. The summed E-state index contributed by atoms with van der Waals surface area (Å²) in [5.74, 6) is 1.98. The van der Waals surface area contributed by atoms with Gasteiger partial charge in [-0.1, -0.05) is 66.7 Å². The minimum atomic E-state index is 0.142. The molecule has 0 atom stereocenters. The van der Waals surface area contributed by atoms with E-state index in [9.17, 15) is 4.79 Å². The van der Waals surface area contributed by atoms with Gasteiger partial charge in [-0.2, -0.15) is 0 Å². The summed E-state index contributed by atoms with van der Waals surface area (Å²) in [6.45, 7) is 7.97. The summed E-state index contributed by atoms with van der Waals surface area (Å²) in [4.78, 5) is 24.5. The Bertz CT molecular complexity index is 1450. The molecule has 44 heavy (non-hydrogen) atoms. The van der Waals surface area contributed by atoms with Gasteiger partial charge in [0.15, 0.2) is 11.5 Å². The van der Waals surface area contributed by atoms with Crippen LogP contribution >= 0.6 is 0 Å². The van der Waals surface area contributed by atoms with E-state index in [-0.39, 0.29) is 5.92 Å². The number of nitrogens with zero attached hydrogens (tertiary/aromatic N) is 4. The number of carbonyl (C=O) groups is 1. The predicted octanol–water partition coefficient (Wildman–Crippen LogP) is 5.80. The maximum atomic E-state index is 13.4. The first kappa shape index (κ1) is 29.9. The number of pyridine rings is 1. The van der Waals surface area contributed by atoms with Crippen molar-refractivity contribution >= 4 is 5.91 Å². The molecule has 0 radical (unpaired) electrons. The number of hydrogen-bond acceptors (Lipinski definition) is 6. The molecule has 0 saturated carbocycles. The van der Waals surface area contributed by atoms with Crippen LogP contribution in [0.1, 0.15) is 35.1 Å². The molecule has 1 amide bonds. The summed E-state index contributed by atoms with van der Waals surface area (Å²) < 4.78 is 12.5. The number of piperazine rings is 1. The Balaban J connectivity index is 1.01. The second kappa shape index (κ2) is 15.0. The number of carbonyl (C=O) groups excluding carboxylic acids is 1. The van der Waals surface area contributed by atoms with Gasteiger partial charge in [-0.15, -0.1) is 0 Å². The van der Waals surface area contributed by atoms with Gasteiger partial charge in [0.1, 0.15) is 13.2 Å². The third kappa shape index (κ3) is 8.24. The number of likely N-dealkylation sites (tertiary alicyclic amines) is 1. The van der Waals surface area contributed by atoms with E-state index < -0.39 is 0 Å². The summed E-state index contributed by atoms with van der Waals surface area (Å²) in [6, 6.07) is 30.8. The van der Waals surface area contributed by atoms with Crippen molar-refractivity contribution in [3.8, 4) is 11.5 Å². The zero-order chi connectivity index (χ0) is 30.0. The molecule has 0 aliphatic carbocycles. The summed E-state index contributed by atoms with van der Waals surface area (Å²) in [6.07, 6.45) is 5.57. The van der Waals surface area contributed by atoms with Gasteiger partial charge in [-0.3, -0.25) is 19.6 Å². The van der Waals surface area contributed by atoms with Gasteiger partial charge in [-0.25, -0.2) is 0 Å². The van der Waals surface area contributed by atoms with Crippen molar-refractivity contribution in [1.29, 1.82) is 0 Å². The molecule has 0 spiro atoms. The first-order chi connectivity index (χ1) is 21.7. The predicted molar refractivity (Wildman–Crippen MR) is 172 cm³/mol. The molecule has 1 aromatic heterocycles. The van der Waals surface area contributed by atoms with Crippen LogP contribution in [0, 0.1) is 5.92 Å². The fourth-order valence-corrected chi connectivity index (χ4v) is 6.08. The molecular formula is C37H42N4O3. The van der Waals surface area contributed by atoms with Crippen LogP contribution in [-0.2, 0) is 31.1 Å². The average Bonchev–Trinajstić information content (AvgIpc) is 3.09. The Kier molecular flexibility index (Phi) is 10.2. The molecule has 7 nitrogen and oxygen atoms in total. The molecule has 0 N–H and O–H groups in total. The molecule has 3 heterocycles. The lowest BCUT2D eigenvalue weighted by Gasteiger charge is -2.38. The minimum Gasteiger partial charge on any atom is -0.485 e. The molecule has 228 valence electrons. The molecule has 4 aromatic rings. The molecular weight excluding hydrogens is 548 g/mol. The molecule has 0 bridgehead atoms. The van der Waals surface area contributed by atoms with Crippen LogP contribution in [0.3, 0.4) is 0 Å². The van der Waals surface area contributed by atoms with Crippen molar-refractivity contribution < 1.29 is 14.3 Å². The normalized spacial score (nSPS) is 16.5. The van der Waals surface area contributed by atoms with Crippen molar-refractivity contribution in [2.45, 2.75) is 39.1 Å². The third-order valence-corrected chi connectivity index (χ3v) is 8.66. The van der Waals surface area contributed by atoms with Crippen LogP contribution in [0.4, 0.5) is 0 Å². The van der Waals surface area contributed by atoms with E-state index in [1.807, 2.05) is 54.9 Å². The van der Waals surface area contributed by atoms with E-state index in [4.69, 9.17) is 9.47 Å². The fourth-order valence-electron chi connectivity index (χ4n) is 6.08. The van der Waals surface area contributed by atoms with Crippen molar-refractivity contribution in [3.63, 3.8) is 0 Å². The van der Waals surface area contributed by atoms with E-state index in [2.05, 4.69) is 68.2 Å². The lowest BCUT2D eigenvalue weighted by atomic mass is 9.94. The first-order valence-corrected chi connectivity index (χ1v) is 15.8. The zero-order valence-electron chi connectivity index (χ0n) is 25.4. The third-order valence-electron chi connectivity index (χ3n) is 8.66. The van der Waals surface area contributed by atoms with Crippen LogP contribution in [-0.4, -0.2) is 64.9 Å². The number of benzene rings is 3. The molecule has 2 saturated heterocycles. The first-order valence-electron chi connectivity index (χ1n) is 15.8.